The zero-order valence-electron chi connectivity index (χ0n) is 10.5. The first-order chi connectivity index (χ1) is 7.58. The van der Waals surface area contributed by atoms with Gasteiger partial charge in [0.1, 0.15) is 0 Å². The van der Waals surface area contributed by atoms with Crippen molar-refractivity contribution < 1.29 is 4.79 Å². The molecule has 1 rings (SSSR count). The van der Waals surface area contributed by atoms with Gasteiger partial charge in [0.25, 0.3) is 0 Å². The van der Waals surface area contributed by atoms with E-state index >= 15 is 0 Å². The SMILES string of the molecule is CC(N)CC(=O)NCCN1CCCC(C)C1. The molecule has 1 aliphatic heterocycles. The van der Waals surface area contributed by atoms with Gasteiger partial charge in [0.05, 0.1) is 0 Å². The summed E-state index contributed by atoms with van der Waals surface area (Å²) in [5.41, 5.74) is 5.55. The number of amides is 1. The lowest BCUT2D eigenvalue weighted by atomic mass is 10.0. The Hall–Kier alpha value is -0.610. The van der Waals surface area contributed by atoms with E-state index in [1.165, 1.54) is 25.9 Å². The van der Waals surface area contributed by atoms with E-state index in [1.54, 1.807) is 0 Å². The molecule has 3 N–H and O–H groups in total. The first kappa shape index (κ1) is 13.5. The number of rotatable bonds is 5. The molecule has 0 aromatic heterocycles. The maximum Gasteiger partial charge on any atom is 0.221 e. The van der Waals surface area contributed by atoms with Gasteiger partial charge in [-0.05, 0) is 32.2 Å². The van der Waals surface area contributed by atoms with E-state index in [4.69, 9.17) is 5.73 Å². The van der Waals surface area contributed by atoms with Crippen molar-refractivity contribution in [3.63, 3.8) is 0 Å². The van der Waals surface area contributed by atoms with Crippen LogP contribution < -0.4 is 11.1 Å². The lowest BCUT2D eigenvalue weighted by molar-refractivity contribution is -0.121. The monoisotopic (exact) mass is 227 g/mol. The van der Waals surface area contributed by atoms with Crippen molar-refractivity contribution in [1.29, 1.82) is 0 Å². The number of nitrogens with zero attached hydrogens (tertiary/aromatic N) is 1. The van der Waals surface area contributed by atoms with Crippen LogP contribution in [0.4, 0.5) is 0 Å². The Morgan fingerprint density at radius 2 is 2.38 bits per heavy atom. The van der Waals surface area contributed by atoms with Crippen LogP contribution in [0, 0.1) is 5.92 Å². The molecule has 1 fully saturated rings. The normalized spacial score (nSPS) is 24.1. The Kier molecular flexibility index (Phi) is 5.77. The quantitative estimate of drug-likeness (QED) is 0.722. The smallest absolute Gasteiger partial charge is 0.221 e. The average molecular weight is 227 g/mol. The van der Waals surface area contributed by atoms with Gasteiger partial charge in [0.2, 0.25) is 5.91 Å². The highest BCUT2D eigenvalue weighted by Gasteiger charge is 2.15. The second kappa shape index (κ2) is 6.86. The molecular formula is C12H25N3O. The fourth-order valence-electron chi connectivity index (χ4n) is 2.21. The summed E-state index contributed by atoms with van der Waals surface area (Å²) in [4.78, 5) is 13.8. The molecular weight excluding hydrogens is 202 g/mol. The van der Waals surface area contributed by atoms with Gasteiger partial charge in [0.15, 0.2) is 0 Å². The molecule has 1 amide bonds. The number of hydrogen-bond acceptors (Lipinski definition) is 3. The lowest BCUT2D eigenvalue weighted by Gasteiger charge is -2.30. The second-order valence-corrected chi connectivity index (χ2v) is 5.08. The van der Waals surface area contributed by atoms with Gasteiger partial charge in [-0.2, -0.15) is 0 Å². The number of nitrogens with two attached hydrogens (primary N) is 1. The van der Waals surface area contributed by atoms with Crippen molar-refractivity contribution in [3.8, 4) is 0 Å². The number of piperidine rings is 1. The van der Waals surface area contributed by atoms with Gasteiger partial charge in [-0.3, -0.25) is 4.79 Å². The summed E-state index contributed by atoms with van der Waals surface area (Å²) < 4.78 is 0. The van der Waals surface area contributed by atoms with Crippen LogP contribution in [-0.2, 0) is 4.79 Å². The van der Waals surface area contributed by atoms with Crippen molar-refractivity contribution >= 4 is 5.91 Å². The number of carbonyl (C=O) groups is 1. The number of carbonyl (C=O) groups excluding carboxylic acids is 1. The predicted molar refractivity (Wildman–Crippen MR) is 66.1 cm³/mol. The third kappa shape index (κ3) is 5.47. The number of likely N-dealkylation sites (tertiary alicyclic amines) is 1. The highest BCUT2D eigenvalue weighted by atomic mass is 16.1. The molecule has 0 bridgehead atoms. The topological polar surface area (TPSA) is 58.4 Å². The van der Waals surface area contributed by atoms with Crippen LogP contribution in [0.15, 0.2) is 0 Å². The first-order valence-corrected chi connectivity index (χ1v) is 6.32. The Morgan fingerprint density at radius 3 is 3.00 bits per heavy atom. The summed E-state index contributed by atoms with van der Waals surface area (Å²) in [6, 6.07) is -0.0463. The largest absolute Gasteiger partial charge is 0.355 e. The summed E-state index contributed by atoms with van der Waals surface area (Å²) >= 11 is 0. The van der Waals surface area contributed by atoms with Crippen molar-refractivity contribution in [2.45, 2.75) is 39.2 Å². The predicted octanol–water partition coefficient (Wildman–Crippen LogP) is 0.572. The molecule has 0 aromatic rings. The van der Waals surface area contributed by atoms with Crippen LogP contribution >= 0.6 is 0 Å². The van der Waals surface area contributed by atoms with Crippen LogP contribution in [0.2, 0.25) is 0 Å². The van der Waals surface area contributed by atoms with Crippen LogP contribution in [-0.4, -0.2) is 43.0 Å². The standard InChI is InChI=1S/C12H25N3O/c1-10-4-3-6-15(9-10)7-5-14-12(16)8-11(2)13/h10-11H,3-9,13H2,1-2H3,(H,14,16). The Morgan fingerprint density at radius 1 is 1.62 bits per heavy atom. The van der Waals surface area contributed by atoms with Crippen LogP contribution in [0.3, 0.4) is 0 Å². The highest BCUT2D eigenvalue weighted by Crippen LogP contribution is 2.14. The van der Waals surface area contributed by atoms with Gasteiger partial charge in [-0.1, -0.05) is 6.92 Å². The fraction of sp³-hybridized carbons (Fsp3) is 0.917. The Labute approximate surface area is 98.6 Å². The van der Waals surface area contributed by atoms with E-state index in [1.807, 2.05) is 6.92 Å². The number of hydrogen-bond donors (Lipinski definition) is 2. The maximum atomic E-state index is 11.3. The minimum Gasteiger partial charge on any atom is -0.355 e. The summed E-state index contributed by atoms with van der Waals surface area (Å²) in [6.45, 7) is 8.21. The summed E-state index contributed by atoms with van der Waals surface area (Å²) in [5, 5.41) is 2.92. The molecule has 2 atom stereocenters. The van der Waals surface area contributed by atoms with Crippen LogP contribution in [0.1, 0.15) is 33.1 Å². The third-order valence-electron chi connectivity index (χ3n) is 3.00. The molecule has 1 aliphatic rings. The number of nitrogens with one attached hydrogen (secondary N) is 1. The van der Waals surface area contributed by atoms with Crippen molar-refractivity contribution in [2.75, 3.05) is 26.2 Å². The third-order valence-corrected chi connectivity index (χ3v) is 3.00. The lowest BCUT2D eigenvalue weighted by Crippen LogP contribution is -2.40. The summed E-state index contributed by atoms with van der Waals surface area (Å²) in [5.74, 6) is 0.869. The second-order valence-electron chi connectivity index (χ2n) is 5.08. The molecule has 0 spiro atoms. The van der Waals surface area contributed by atoms with E-state index in [-0.39, 0.29) is 11.9 Å². The minimum atomic E-state index is -0.0463. The molecule has 16 heavy (non-hydrogen) atoms. The van der Waals surface area contributed by atoms with E-state index in [9.17, 15) is 4.79 Å². The molecule has 0 aromatic carbocycles. The fourth-order valence-corrected chi connectivity index (χ4v) is 2.21. The van der Waals surface area contributed by atoms with E-state index in [2.05, 4.69) is 17.1 Å². The minimum absolute atomic E-state index is 0.0463. The van der Waals surface area contributed by atoms with Crippen molar-refractivity contribution in [1.82, 2.24) is 10.2 Å². The van der Waals surface area contributed by atoms with E-state index < -0.39 is 0 Å². The van der Waals surface area contributed by atoms with E-state index in [0.29, 0.717) is 6.42 Å². The average Bonchev–Trinajstić information content (AvgIpc) is 2.16. The molecule has 2 unspecified atom stereocenters. The van der Waals surface area contributed by atoms with Gasteiger partial charge in [0, 0.05) is 32.1 Å². The van der Waals surface area contributed by atoms with E-state index in [0.717, 1.165) is 19.0 Å². The molecule has 4 heteroatoms. The van der Waals surface area contributed by atoms with Crippen molar-refractivity contribution in [3.05, 3.63) is 0 Å². The molecule has 94 valence electrons. The van der Waals surface area contributed by atoms with Gasteiger partial charge >= 0.3 is 0 Å². The molecule has 1 heterocycles. The Bertz CT molecular complexity index is 218. The van der Waals surface area contributed by atoms with Crippen molar-refractivity contribution in [2.24, 2.45) is 11.7 Å². The zero-order valence-corrected chi connectivity index (χ0v) is 10.5. The summed E-state index contributed by atoms with van der Waals surface area (Å²) in [6.07, 6.45) is 3.05. The zero-order chi connectivity index (χ0) is 12.0. The van der Waals surface area contributed by atoms with Gasteiger partial charge in [-0.25, -0.2) is 0 Å². The van der Waals surface area contributed by atoms with Crippen LogP contribution in [0.5, 0.6) is 0 Å². The van der Waals surface area contributed by atoms with Crippen LogP contribution in [0.25, 0.3) is 0 Å². The molecule has 1 saturated heterocycles. The summed E-state index contributed by atoms with van der Waals surface area (Å²) in [7, 11) is 0. The Balaban J connectivity index is 2.08. The molecule has 0 radical (unpaired) electrons. The first-order valence-electron chi connectivity index (χ1n) is 6.32. The maximum absolute atomic E-state index is 11.3. The highest BCUT2D eigenvalue weighted by molar-refractivity contribution is 5.76. The molecule has 0 saturated carbocycles. The van der Waals surface area contributed by atoms with Gasteiger partial charge in [-0.15, -0.1) is 0 Å². The van der Waals surface area contributed by atoms with Gasteiger partial charge < -0.3 is 16.0 Å². The molecule has 0 aliphatic carbocycles. The molecule has 4 nitrogen and oxygen atoms in total.